The van der Waals surface area contributed by atoms with E-state index < -0.39 is 7.82 Å². The molecule has 0 atom stereocenters. The fourth-order valence-electron chi connectivity index (χ4n) is 0.561. The van der Waals surface area contributed by atoms with Crippen LogP contribution in [0.4, 0.5) is 0 Å². The summed E-state index contributed by atoms with van der Waals surface area (Å²) in [6.07, 6.45) is 0. The van der Waals surface area contributed by atoms with Crippen molar-refractivity contribution in [2.24, 2.45) is 0 Å². The van der Waals surface area contributed by atoms with E-state index in [9.17, 15) is 4.57 Å². The molecule has 0 aromatic heterocycles. The van der Waals surface area contributed by atoms with Crippen LogP contribution in [-0.4, -0.2) is 46.3 Å². The molecule has 0 aromatic rings. The molecule has 0 heterocycles. The van der Waals surface area contributed by atoms with Gasteiger partial charge in [-0.1, -0.05) is 0 Å². The molecule has 0 rings (SSSR count). The molecule has 0 saturated heterocycles. The minimum absolute atomic E-state index is 0.0108. The molecule has 0 amide bonds. The van der Waals surface area contributed by atoms with Crippen LogP contribution in [0.1, 0.15) is 0 Å². The monoisotopic (exact) mass is 325 g/mol. The maximum atomic E-state index is 10.3. The number of methoxy groups -OCH3 is 1. The quantitative estimate of drug-likeness (QED) is 0.401. The first-order valence-electron chi connectivity index (χ1n) is 3.55. The van der Waals surface area contributed by atoms with E-state index in [1.54, 1.807) is 7.11 Å². The standard InChI is InChI=1S/C5H13INO5P/c1-11-4-2-7(6)3-5-12-13(8,9)10/h2-5H2,1H3,(H2,8,9,10). The molecule has 80 valence electrons. The van der Waals surface area contributed by atoms with Gasteiger partial charge in [-0.3, -0.25) is 4.52 Å². The fourth-order valence-corrected chi connectivity index (χ4v) is 1.27. The number of hydrogen-bond donors (Lipinski definition) is 2. The van der Waals surface area contributed by atoms with E-state index in [4.69, 9.17) is 14.5 Å². The average Bonchev–Trinajstić information content (AvgIpc) is 1.98. The van der Waals surface area contributed by atoms with Gasteiger partial charge < -0.3 is 14.5 Å². The molecule has 0 aliphatic heterocycles. The Morgan fingerprint density at radius 1 is 1.38 bits per heavy atom. The molecular formula is C5H13INO5P. The van der Waals surface area contributed by atoms with Crippen molar-refractivity contribution in [2.75, 3.05) is 33.4 Å². The van der Waals surface area contributed by atoms with Gasteiger partial charge in [-0.15, -0.1) is 0 Å². The maximum absolute atomic E-state index is 10.3. The average molecular weight is 325 g/mol. The van der Waals surface area contributed by atoms with Crippen LogP contribution in [0.15, 0.2) is 0 Å². The third-order valence-electron chi connectivity index (χ3n) is 1.13. The van der Waals surface area contributed by atoms with Crippen molar-refractivity contribution in [2.45, 2.75) is 0 Å². The van der Waals surface area contributed by atoms with Crippen LogP contribution in [0.3, 0.4) is 0 Å². The number of rotatable bonds is 7. The van der Waals surface area contributed by atoms with E-state index in [2.05, 4.69) is 4.52 Å². The highest BCUT2D eigenvalue weighted by Gasteiger charge is 2.13. The van der Waals surface area contributed by atoms with Crippen molar-refractivity contribution in [3.8, 4) is 0 Å². The van der Waals surface area contributed by atoms with Gasteiger partial charge in [0.15, 0.2) is 0 Å². The predicted octanol–water partition coefficient (Wildman–Crippen LogP) is 0.394. The molecule has 0 aromatic carbocycles. The number of nitrogens with zero attached hydrogens (tertiary/aromatic N) is 1. The van der Waals surface area contributed by atoms with Gasteiger partial charge in [0.05, 0.1) is 13.2 Å². The van der Waals surface area contributed by atoms with Gasteiger partial charge in [-0.05, 0) is 0 Å². The lowest BCUT2D eigenvalue weighted by Gasteiger charge is -2.13. The first-order valence-corrected chi connectivity index (χ1v) is 6.05. The lowest BCUT2D eigenvalue weighted by molar-refractivity contribution is 0.167. The number of hydrogen-bond acceptors (Lipinski definition) is 4. The van der Waals surface area contributed by atoms with Gasteiger partial charge in [-0.2, -0.15) is 0 Å². The second-order valence-corrected chi connectivity index (χ2v) is 4.83. The summed E-state index contributed by atoms with van der Waals surface area (Å²) in [5.74, 6) is 0. The number of halogens is 1. The highest BCUT2D eigenvalue weighted by Crippen LogP contribution is 2.35. The van der Waals surface area contributed by atoms with E-state index in [0.29, 0.717) is 19.7 Å². The lowest BCUT2D eigenvalue weighted by Crippen LogP contribution is -2.21. The zero-order chi connectivity index (χ0) is 10.3. The predicted molar refractivity (Wildman–Crippen MR) is 55.5 cm³/mol. The first-order chi connectivity index (χ1) is 5.95. The van der Waals surface area contributed by atoms with Crippen LogP contribution in [0, 0.1) is 0 Å². The number of phosphoric ester groups is 1. The molecule has 2 N–H and O–H groups in total. The van der Waals surface area contributed by atoms with E-state index in [1.165, 1.54) is 0 Å². The fraction of sp³-hybridized carbons (Fsp3) is 1.00. The van der Waals surface area contributed by atoms with Crippen molar-refractivity contribution in [1.29, 1.82) is 0 Å². The topological polar surface area (TPSA) is 79.2 Å². The Labute approximate surface area is 90.9 Å². The highest BCUT2D eigenvalue weighted by molar-refractivity contribution is 14.1. The Balaban J connectivity index is 3.37. The Morgan fingerprint density at radius 3 is 2.38 bits per heavy atom. The van der Waals surface area contributed by atoms with Gasteiger partial charge in [0, 0.05) is 43.1 Å². The summed E-state index contributed by atoms with van der Waals surface area (Å²) in [4.78, 5) is 16.7. The summed E-state index contributed by atoms with van der Waals surface area (Å²) in [6, 6.07) is 0. The molecule has 0 saturated carbocycles. The number of phosphoric acid groups is 1. The van der Waals surface area contributed by atoms with Crippen LogP contribution < -0.4 is 0 Å². The minimum atomic E-state index is -4.31. The van der Waals surface area contributed by atoms with Crippen molar-refractivity contribution in [1.82, 2.24) is 3.11 Å². The molecule has 0 unspecified atom stereocenters. The Morgan fingerprint density at radius 2 is 1.92 bits per heavy atom. The summed E-state index contributed by atoms with van der Waals surface area (Å²) in [5, 5.41) is 0. The van der Waals surface area contributed by atoms with Crippen LogP contribution in [0.5, 0.6) is 0 Å². The molecule has 0 fully saturated rings. The maximum Gasteiger partial charge on any atom is 0.469 e. The minimum Gasteiger partial charge on any atom is -0.383 e. The van der Waals surface area contributed by atoms with Gasteiger partial charge in [0.1, 0.15) is 0 Å². The second-order valence-electron chi connectivity index (χ2n) is 2.23. The third-order valence-corrected chi connectivity index (χ3v) is 2.62. The van der Waals surface area contributed by atoms with Gasteiger partial charge in [-0.25, -0.2) is 7.68 Å². The van der Waals surface area contributed by atoms with Crippen molar-refractivity contribution >= 4 is 30.7 Å². The zero-order valence-corrected chi connectivity index (χ0v) is 10.3. The molecule has 6 nitrogen and oxygen atoms in total. The molecule has 0 aliphatic rings. The summed E-state index contributed by atoms with van der Waals surface area (Å²) in [5.41, 5.74) is 0. The molecule has 0 spiro atoms. The highest BCUT2D eigenvalue weighted by atomic mass is 127. The van der Waals surface area contributed by atoms with E-state index in [0.717, 1.165) is 0 Å². The molecule has 13 heavy (non-hydrogen) atoms. The largest absolute Gasteiger partial charge is 0.469 e. The van der Waals surface area contributed by atoms with E-state index >= 15 is 0 Å². The third kappa shape index (κ3) is 10.7. The van der Waals surface area contributed by atoms with Crippen molar-refractivity contribution in [3.63, 3.8) is 0 Å². The first kappa shape index (κ1) is 13.8. The molecule has 0 bridgehead atoms. The van der Waals surface area contributed by atoms with Crippen LogP contribution in [0.25, 0.3) is 0 Å². The summed E-state index contributed by atoms with van der Waals surface area (Å²) >= 11 is 2.04. The Hall–Kier alpha value is 0.760. The molecule has 0 radical (unpaired) electrons. The number of ether oxygens (including phenoxy) is 1. The normalized spacial score (nSPS) is 12.4. The van der Waals surface area contributed by atoms with E-state index in [-0.39, 0.29) is 6.61 Å². The van der Waals surface area contributed by atoms with Gasteiger partial charge in [0.2, 0.25) is 0 Å². The zero-order valence-electron chi connectivity index (χ0n) is 7.22. The van der Waals surface area contributed by atoms with Crippen LogP contribution in [0.2, 0.25) is 0 Å². The van der Waals surface area contributed by atoms with Crippen molar-refractivity contribution < 1.29 is 23.6 Å². The van der Waals surface area contributed by atoms with Gasteiger partial charge in [0.25, 0.3) is 0 Å². The molecular weight excluding hydrogens is 312 g/mol. The lowest BCUT2D eigenvalue weighted by atomic mass is 10.6. The SMILES string of the molecule is COCCN(I)CCOP(=O)(O)O. The van der Waals surface area contributed by atoms with Crippen LogP contribution in [-0.2, 0) is 13.8 Å². The molecule has 8 heteroatoms. The molecule has 0 aliphatic carbocycles. The summed E-state index contributed by atoms with van der Waals surface area (Å²) < 4.78 is 21.2. The van der Waals surface area contributed by atoms with Crippen molar-refractivity contribution in [3.05, 3.63) is 0 Å². The Kier molecular flexibility index (Phi) is 7.52. The van der Waals surface area contributed by atoms with Gasteiger partial charge >= 0.3 is 7.82 Å². The smallest absolute Gasteiger partial charge is 0.383 e. The summed E-state index contributed by atoms with van der Waals surface area (Å²) in [6.45, 7) is 1.74. The summed E-state index contributed by atoms with van der Waals surface area (Å²) in [7, 11) is -2.72. The second kappa shape index (κ2) is 7.10. The Bertz CT molecular complexity index is 174. The van der Waals surface area contributed by atoms with E-state index in [1.807, 2.05) is 26.0 Å². The van der Waals surface area contributed by atoms with Crippen LogP contribution >= 0.6 is 30.7 Å².